The van der Waals surface area contributed by atoms with Crippen LogP contribution in [0.25, 0.3) is 10.9 Å². The van der Waals surface area contributed by atoms with Gasteiger partial charge in [-0.2, -0.15) is 0 Å². The zero-order valence-electron chi connectivity index (χ0n) is 33.8. The van der Waals surface area contributed by atoms with Crippen molar-refractivity contribution in [3.05, 3.63) is 95.9 Å². The van der Waals surface area contributed by atoms with Gasteiger partial charge in [-0.15, -0.1) is 0 Å². The van der Waals surface area contributed by atoms with Crippen molar-refractivity contribution in [3.63, 3.8) is 0 Å². The van der Waals surface area contributed by atoms with Crippen molar-refractivity contribution < 1.29 is 33.5 Å². The summed E-state index contributed by atoms with van der Waals surface area (Å²) in [6.07, 6.45) is 3.57. The van der Waals surface area contributed by atoms with E-state index in [1.165, 1.54) is 24.1 Å². The second-order valence-electron chi connectivity index (χ2n) is 15.5. The summed E-state index contributed by atoms with van der Waals surface area (Å²) < 4.78 is 5.29. The molecule has 5 atom stereocenters. The number of hydrogen-bond donors (Lipinski definition) is 6. The maximum Gasteiger partial charge on any atom is 0.272 e. The van der Waals surface area contributed by atoms with Gasteiger partial charge in [-0.3, -0.25) is 33.8 Å². The van der Waals surface area contributed by atoms with Crippen LogP contribution in [-0.4, -0.2) is 101 Å². The Labute approximate surface area is 338 Å². The minimum Gasteiger partial charge on any atom is -0.497 e. The predicted octanol–water partition coefficient (Wildman–Crippen LogP) is 2.66. The molecule has 4 aromatic rings. The Morgan fingerprint density at radius 3 is 2.10 bits per heavy atom. The van der Waals surface area contributed by atoms with Gasteiger partial charge in [0.15, 0.2) is 0 Å². The Morgan fingerprint density at radius 1 is 0.776 bits per heavy atom. The Kier molecular flexibility index (Phi) is 14.6. The van der Waals surface area contributed by atoms with Crippen LogP contribution in [0.15, 0.2) is 79.1 Å². The fraction of sp³-hybridized carbons (Fsp3) is 0.419. The molecule has 2 aromatic carbocycles. The van der Waals surface area contributed by atoms with Gasteiger partial charge in [0.2, 0.25) is 29.5 Å². The largest absolute Gasteiger partial charge is 0.497 e. The molecule has 58 heavy (non-hydrogen) atoms. The van der Waals surface area contributed by atoms with Crippen molar-refractivity contribution in [2.24, 2.45) is 11.8 Å². The second kappa shape index (κ2) is 19.7. The van der Waals surface area contributed by atoms with Crippen molar-refractivity contribution in [2.75, 3.05) is 20.2 Å². The molecule has 1 fully saturated rings. The average Bonchev–Trinajstić information content (AvgIpc) is 3.61. The van der Waals surface area contributed by atoms with Crippen molar-refractivity contribution in [2.45, 2.75) is 84.1 Å². The molecule has 1 aliphatic heterocycles. The topological polar surface area (TPSA) is 204 Å². The molecular formula is C43H54N8O7. The molecule has 0 unspecified atom stereocenters. The van der Waals surface area contributed by atoms with E-state index in [2.05, 4.69) is 36.6 Å². The van der Waals surface area contributed by atoms with E-state index in [0.717, 1.165) is 16.5 Å². The number of H-pyrrole nitrogens is 1. The summed E-state index contributed by atoms with van der Waals surface area (Å²) in [5.74, 6) is -3.24. The van der Waals surface area contributed by atoms with Crippen LogP contribution in [0.1, 0.15) is 62.7 Å². The summed E-state index contributed by atoms with van der Waals surface area (Å²) in [4.78, 5) is 92.9. The van der Waals surface area contributed by atoms with E-state index in [1.54, 1.807) is 49.7 Å². The average molecular weight is 795 g/mol. The molecule has 0 radical (unpaired) electrons. The van der Waals surface area contributed by atoms with Gasteiger partial charge < -0.3 is 41.2 Å². The highest BCUT2D eigenvalue weighted by molar-refractivity contribution is 5.98. The second-order valence-corrected chi connectivity index (χ2v) is 15.5. The zero-order valence-corrected chi connectivity index (χ0v) is 33.8. The molecule has 15 heteroatoms. The Hall–Kier alpha value is -6.25. The summed E-state index contributed by atoms with van der Waals surface area (Å²) >= 11 is 0. The first-order valence-corrected chi connectivity index (χ1v) is 19.6. The lowest BCUT2D eigenvalue weighted by atomic mass is 9.99. The van der Waals surface area contributed by atoms with Crippen molar-refractivity contribution in [3.8, 4) is 5.75 Å². The number of benzene rings is 2. The van der Waals surface area contributed by atoms with E-state index in [9.17, 15) is 28.8 Å². The number of nitrogens with one attached hydrogen (secondary N) is 6. The molecular weight excluding hydrogens is 741 g/mol. The number of fused-ring (bicyclic) bond motifs is 1. The van der Waals surface area contributed by atoms with E-state index in [4.69, 9.17) is 4.74 Å². The number of carbonyl (C=O) groups excluding carboxylic acids is 6. The lowest BCUT2D eigenvalue weighted by Crippen LogP contribution is -2.60. The number of aromatic nitrogens is 2. The smallest absolute Gasteiger partial charge is 0.272 e. The number of carbonyl (C=O) groups is 6. The number of nitrogens with zero attached hydrogens (tertiary/aromatic N) is 2. The van der Waals surface area contributed by atoms with Crippen LogP contribution < -0.4 is 31.3 Å². The van der Waals surface area contributed by atoms with Crippen LogP contribution in [0.2, 0.25) is 0 Å². The zero-order chi connectivity index (χ0) is 41.9. The van der Waals surface area contributed by atoms with E-state index < -0.39 is 72.2 Å². The quantitative estimate of drug-likeness (QED) is 0.148. The van der Waals surface area contributed by atoms with Crippen LogP contribution in [0.4, 0.5) is 0 Å². The summed E-state index contributed by atoms with van der Waals surface area (Å²) in [6, 6.07) is 14.3. The van der Waals surface area contributed by atoms with E-state index in [0.29, 0.717) is 11.3 Å². The molecule has 308 valence electrons. The Bertz CT molecular complexity index is 2070. The summed E-state index contributed by atoms with van der Waals surface area (Å²) in [6.45, 7) is 8.49. The minimum atomic E-state index is -1.18. The van der Waals surface area contributed by atoms with E-state index >= 15 is 0 Å². The predicted molar refractivity (Wildman–Crippen MR) is 218 cm³/mol. The minimum absolute atomic E-state index is 0.0524. The normalized spacial score (nSPS) is 21.7. The monoisotopic (exact) mass is 794 g/mol. The van der Waals surface area contributed by atoms with Crippen molar-refractivity contribution in [1.29, 1.82) is 0 Å². The molecule has 0 spiro atoms. The first-order chi connectivity index (χ1) is 27.7. The van der Waals surface area contributed by atoms with Gasteiger partial charge in [0, 0.05) is 48.7 Å². The molecule has 2 aromatic heterocycles. The third-order valence-electron chi connectivity index (χ3n) is 10.1. The number of methoxy groups -OCH3 is 1. The Balaban J connectivity index is 1.55. The van der Waals surface area contributed by atoms with Gasteiger partial charge in [-0.25, -0.2) is 0 Å². The molecule has 3 heterocycles. The highest BCUT2D eigenvalue weighted by atomic mass is 16.5. The molecule has 15 nitrogen and oxygen atoms in total. The van der Waals surface area contributed by atoms with Gasteiger partial charge in [-0.05, 0) is 66.6 Å². The summed E-state index contributed by atoms with van der Waals surface area (Å²) in [5.41, 5.74) is 2.39. The third kappa shape index (κ3) is 11.4. The first kappa shape index (κ1) is 42.9. The van der Waals surface area contributed by atoms with Crippen LogP contribution in [-0.2, 0) is 36.8 Å². The van der Waals surface area contributed by atoms with Crippen LogP contribution in [0.3, 0.4) is 0 Å². The molecule has 1 aliphatic rings. The standard InChI is InChI=1S/C43H54N8O7/c1-25(2)19-34-41(55)49-35(20-28-14-16-30(58-6)17-15-28)40(54)46-27(5)39(53)50-37(26(3)4)23-51(43(57)33-13-9-10-18-44-33)24-38(52)47-36(42(56)48-34)21-29-22-45-32-12-8-7-11-31(29)32/h7-18,22,25-27,34-37,45H,19-21,23-24H2,1-6H3,(H,46,54)(H,47,52)(H,48,56)(H,49,55)(H,50,53)/t27-,34+,35+,36-,37-/m1/s1. The number of pyridine rings is 1. The molecule has 6 N–H and O–H groups in total. The van der Waals surface area contributed by atoms with Gasteiger partial charge in [0.05, 0.1) is 13.7 Å². The number of aromatic amines is 1. The Morgan fingerprint density at radius 2 is 1.43 bits per heavy atom. The molecule has 6 amide bonds. The van der Waals surface area contributed by atoms with Crippen molar-refractivity contribution in [1.82, 2.24) is 41.5 Å². The number of amides is 6. The molecule has 0 bridgehead atoms. The fourth-order valence-corrected chi connectivity index (χ4v) is 6.82. The van der Waals surface area contributed by atoms with Gasteiger partial charge in [0.1, 0.15) is 35.6 Å². The van der Waals surface area contributed by atoms with Gasteiger partial charge in [0.25, 0.3) is 5.91 Å². The highest BCUT2D eigenvalue weighted by Crippen LogP contribution is 2.20. The number of hydrogen-bond acceptors (Lipinski definition) is 8. The summed E-state index contributed by atoms with van der Waals surface area (Å²) in [5, 5.41) is 15.1. The maximum absolute atomic E-state index is 14.4. The summed E-state index contributed by atoms with van der Waals surface area (Å²) in [7, 11) is 1.54. The number of para-hydroxylation sites is 1. The molecule has 0 saturated carbocycles. The van der Waals surface area contributed by atoms with E-state index in [1.807, 2.05) is 52.0 Å². The highest BCUT2D eigenvalue weighted by Gasteiger charge is 2.34. The lowest BCUT2D eigenvalue weighted by Gasteiger charge is -2.32. The molecule has 1 saturated heterocycles. The van der Waals surface area contributed by atoms with Crippen LogP contribution in [0, 0.1) is 11.8 Å². The lowest BCUT2D eigenvalue weighted by molar-refractivity contribution is -0.135. The maximum atomic E-state index is 14.4. The molecule has 0 aliphatic carbocycles. The number of ether oxygens (including phenoxy) is 1. The SMILES string of the molecule is COc1ccc(C[C@@H]2NC(=O)[C@H](CC(C)C)NC(=O)[C@@H](Cc3c[nH]c4ccccc34)NC(=O)CN(C(=O)c3ccccn3)C[C@H](C(C)C)NC(=O)[C@@H](C)NC2=O)cc1. The van der Waals surface area contributed by atoms with E-state index in [-0.39, 0.29) is 43.3 Å². The molecule has 5 rings (SSSR count). The van der Waals surface area contributed by atoms with Crippen molar-refractivity contribution >= 4 is 46.3 Å². The van der Waals surface area contributed by atoms with Crippen LogP contribution >= 0.6 is 0 Å². The fourth-order valence-electron chi connectivity index (χ4n) is 6.82. The third-order valence-corrected chi connectivity index (χ3v) is 10.1. The van der Waals surface area contributed by atoms with Gasteiger partial charge >= 0.3 is 0 Å². The first-order valence-electron chi connectivity index (χ1n) is 19.6. The number of rotatable bonds is 9. The van der Waals surface area contributed by atoms with Crippen LogP contribution in [0.5, 0.6) is 5.75 Å². The van der Waals surface area contributed by atoms with Gasteiger partial charge in [-0.1, -0.05) is 64.1 Å².